The fraction of sp³-hybridized carbons (Fsp3) is 1.00. The minimum absolute atomic E-state index is 0. The molecular formula is C6H13AlOZr. The van der Waals surface area contributed by atoms with Gasteiger partial charge >= 0.3 is 14.5 Å². The molecule has 9 heavy (non-hydrogen) atoms. The second-order valence-corrected chi connectivity index (χ2v) is 5.16. The molecule has 0 N–H and O–H groups in total. The average Bonchev–Trinajstić information content (AvgIpc) is 1.64. The van der Waals surface area contributed by atoms with Gasteiger partial charge in [0.25, 0.3) is 0 Å². The average molecular weight is 219 g/mol. The summed E-state index contributed by atoms with van der Waals surface area (Å²) in [7, 11) is 0. The summed E-state index contributed by atoms with van der Waals surface area (Å²) in [6.45, 7) is 2.18. The van der Waals surface area contributed by atoms with Crippen molar-refractivity contribution in [2.75, 3.05) is 0 Å². The van der Waals surface area contributed by atoms with Crippen LogP contribution in [0.3, 0.4) is 0 Å². The summed E-state index contributed by atoms with van der Waals surface area (Å²) in [5.41, 5.74) is 0. The topological polar surface area (TPSA) is 9.23 Å². The van der Waals surface area contributed by atoms with Crippen LogP contribution in [0.2, 0.25) is 11.1 Å². The van der Waals surface area contributed by atoms with Gasteiger partial charge in [0.15, 0.2) is 0 Å². The zero-order valence-corrected chi connectivity index (χ0v) is 9.80. The molecule has 1 atom stereocenters. The summed E-state index contributed by atoms with van der Waals surface area (Å²) in [5.74, 6) is 2.29. The van der Waals surface area contributed by atoms with E-state index in [1.165, 1.54) is 18.1 Å². The zero-order chi connectivity index (χ0) is 5.98. The van der Waals surface area contributed by atoms with E-state index in [0.29, 0.717) is 6.10 Å². The van der Waals surface area contributed by atoms with E-state index < -0.39 is 14.5 Å². The Morgan fingerprint density at radius 3 is 2.56 bits per heavy atom. The van der Waals surface area contributed by atoms with Crippen molar-refractivity contribution >= 4 is 14.5 Å². The van der Waals surface area contributed by atoms with E-state index in [4.69, 9.17) is 3.79 Å². The van der Waals surface area contributed by atoms with Crippen LogP contribution in [0.25, 0.3) is 0 Å². The number of hydrogen-bond donors (Lipinski definition) is 0. The third-order valence-electron chi connectivity index (χ3n) is 1.69. The van der Waals surface area contributed by atoms with E-state index >= 15 is 0 Å². The van der Waals surface area contributed by atoms with Gasteiger partial charge < -0.3 is 3.79 Å². The summed E-state index contributed by atoms with van der Waals surface area (Å²) in [6.07, 6.45) is 3.27. The monoisotopic (exact) mass is 218 g/mol. The molecule has 3 heteroatoms. The SMILES string of the molecule is CC1CC[CH2][Al]([CH3])[O]1.[Zr]. The van der Waals surface area contributed by atoms with Crippen LogP contribution in [0, 0.1) is 0 Å². The Kier molecular flexibility index (Phi) is 5.86. The Bertz CT molecular complexity index is 71.5. The largest absolute Gasteiger partial charge is 0.499 e. The van der Waals surface area contributed by atoms with Crippen molar-refractivity contribution in [1.29, 1.82) is 0 Å². The van der Waals surface area contributed by atoms with Crippen molar-refractivity contribution < 1.29 is 30.0 Å². The Balaban J connectivity index is 0.000000640. The van der Waals surface area contributed by atoms with Crippen molar-refractivity contribution in [2.45, 2.75) is 36.9 Å². The quantitative estimate of drug-likeness (QED) is 0.565. The maximum atomic E-state index is 5.62. The molecule has 0 amide bonds. The second kappa shape index (κ2) is 5.08. The van der Waals surface area contributed by atoms with E-state index in [9.17, 15) is 0 Å². The van der Waals surface area contributed by atoms with Gasteiger partial charge in [-0.1, -0.05) is 17.5 Å². The van der Waals surface area contributed by atoms with Crippen molar-refractivity contribution in [3.8, 4) is 0 Å². The van der Waals surface area contributed by atoms with Crippen LogP contribution in [0.15, 0.2) is 0 Å². The van der Waals surface area contributed by atoms with Crippen LogP contribution in [0.5, 0.6) is 0 Å². The van der Waals surface area contributed by atoms with E-state index in [0.717, 1.165) is 0 Å². The maximum Gasteiger partial charge on any atom is 0.457 e. The van der Waals surface area contributed by atoms with Crippen LogP contribution in [-0.2, 0) is 30.0 Å². The van der Waals surface area contributed by atoms with Crippen LogP contribution in [0.1, 0.15) is 19.8 Å². The van der Waals surface area contributed by atoms with Crippen molar-refractivity contribution in [2.24, 2.45) is 0 Å². The first kappa shape index (κ1) is 10.4. The molecule has 1 nitrogen and oxygen atoms in total. The van der Waals surface area contributed by atoms with Crippen molar-refractivity contribution in [3.63, 3.8) is 0 Å². The Labute approximate surface area is 81.0 Å². The minimum Gasteiger partial charge on any atom is -0.499 e. The number of hydrogen-bond acceptors (Lipinski definition) is 1. The van der Waals surface area contributed by atoms with Gasteiger partial charge in [0, 0.05) is 32.3 Å². The molecule has 1 heterocycles. The first-order chi connectivity index (χ1) is 3.79. The van der Waals surface area contributed by atoms with Gasteiger partial charge in [-0.05, 0) is 13.3 Å². The van der Waals surface area contributed by atoms with Crippen LogP contribution in [0.4, 0.5) is 0 Å². The molecule has 0 bridgehead atoms. The summed E-state index contributed by atoms with van der Waals surface area (Å²) < 4.78 is 5.62. The van der Waals surface area contributed by atoms with Crippen molar-refractivity contribution in [1.82, 2.24) is 0 Å². The van der Waals surface area contributed by atoms with Gasteiger partial charge in [0.1, 0.15) is 0 Å². The van der Waals surface area contributed by atoms with Crippen LogP contribution in [-0.4, -0.2) is 20.6 Å². The molecule has 0 aromatic carbocycles. The first-order valence-electron chi connectivity index (χ1n) is 3.44. The molecule has 0 saturated carbocycles. The van der Waals surface area contributed by atoms with E-state index in [1.54, 1.807) is 0 Å². The van der Waals surface area contributed by atoms with Crippen LogP contribution < -0.4 is 0 Å². The molecule has 50 valence electrons. The van der Waals surface area contributed by atoms with E-state index in [-0.39, 0.29) is 26.2 Å². The molecule has 1 saturated heterocycles. The van der Waals surface area contributed by atoms with Gasteiger partial charge in [0.05, 0.1) is 0 Å². The van der Waals surface area contributed by atoms with E-state index in [2.05, 4.69) is 12.7 Å². The Morgan fingerprint density at radius 2 is 2.22 bits per heavy atom. The van der Waals surface area contributed by atoms with Gasteiger partial charge in [-0.15, -0.1) is 0 Å². The molecule has 1 rings (SSSR count). The fourth-order valence-electron chi connectivity index (χ4n) is 1.23. The predicted octanol–water partition coefficient (Wildman–Crippen LogP) is 1.80. The van der Waals surface area contributed by atoms with Gasteiger partial charge in [-0.25, -0.2) is 0 Å². The third-order valence-corrected chi connectivity index (χ3v) is 3.84. The maximum absolute atomic E-state index is 5.62. The standard InChI is InChI=1S/C5H10O.CH3.Al.Zr/c1-3-4-5(2)6;;;/h5H,1,3-4H2,2H3;1H3;;/q-1;;+1;. The zero-order valence-electron chi connectivity index (χ0n) is 6.18. The summed E-state index contributed by atoms with van der Waals surface area (Å²) in [5, 5.41) is 1.39. The normalized spacial score (nSPS) is 27.3. The Hall–Kier alpha value is 1.38. The molecule has 0 radical (unpaired) electrons. The first-order valence-corrected chi connectivity index (χ1v) is 5.89. The molecule has 1 aliphatic heterocycles. The van der Waals surface area contributed by atoms with Gasteiger partial charge in [-0.2, -0.15) is 0 Å². The third kappa shape index (κ3) is 3.94. The molecular weight excluding hydrogens is 206 g/mol. The predicted molar refractivity (Wildman–Crippen MR) is 36.2 cm³/mol. The fourth-order valence-corrected chi connectivity index (χ4v) is 3.10. The Morgan fingerprint density at radius 1 is 1.56 bits per heavy atom. The van der Waals surface area contributed by atoms with Gasteiger partial charge in [0.2, 0.25) is 0 Å². The summed E-state index contributed by atoms with van der Waals surface area (Å²) in [6, 6.07) is 0. The van der Waals surface area contributed by atoms with E-state index in [1.807, 2.05) is 0 Å². The van der Waals surface area contributed by atoms with Crippen LogP contribution >= 0.6 is 0 Å². The smallest absolute Gasteiger partial charge is 0.457 e. The van der Waals surface area contributed by atoms with Gasteiger partial charge in [-0.3, -0.25) is 0 Å². The molecule has 1 aliphatic rings. The number of rotatable bonds is 0. The molecule has 0 aromatic heterocycles. The molecule has 1 unspecified atom stereocenters. The summed E-state index contributed by atoms with van der Waals surface area (Å²) in [4.78, 5) is 0. The molecule has 0 aromatic rings. The summed E-state index contributed by atoms with van der Waals surface area (Å²) >= 11 is -0.652. The molecule has 0 aliphatic carbocycles. The second-order valence-electron chi connectivity index (χ2n) is 2.69. The molecule has 1 fully saturated rings. The minimum atomic E-state index is -0.652. The van der Waals surface area contributed by atoms with Crippen molar-refractivity contribution in [3.05, 3.63) is 0 Å². The molecule has 0 spiro atoms.